The standard InChI is InChI=1S/C25H40/c1-9-11-12-13-22(6)15-17-25(16-14-21(5)10-2)24(8)19-23(7)18-20(3)4/h9-11,15,18-19,21,25H,2,7,12-14,16-17H2,1,3-6,8H3/b11-9+,22-15+,24-19+. The average Bonchev–Trinajstić information content (AvgIpc) is 2.53. The van der Waals surface area contributed by atoms with Gasteiger partial charge in [0.15, 0.2) is 0 Å². The van der Waals surface area contributed by atoms with Gasteiger partial charge in [-0.1, -0.05) is 66.7 Å². The molecule has 0 aliphatic carbocycles. The molecule has 0 amide bonds. The van der Waals surface area contributed by atoms with Gasteiger partial charge in [0, 0.05) is 0 Å². The van der Waals surface area contributed by atoms with Gasteiger partial charge in [0.25, 0.3) is 0 Å². The maximum atomic E-state index is 4.18. The highest BCUT2D eigenvalue weighted by molar-refractivity contribution is 5.32. The summed E-state index contributed by atoms with van der Waals surface area (Å²) in [5.74, 6) is 1.16. The minimum absolute atomic E-state index is 0.580. The molecular weight excluding hydrogens is 300 g/mol. The molecule has 0 rings (SSSR count). The first-order valence-electron chi connectivity index (χ1n) is 9.71. The Morgan fingerprint density at radius 2 is 1.72 bits per heavy atom. The van der Waals surface area contributed by atoms with Crippen LogP contribution in [0.3, 0.4) is 0 Å². The van der Waals surface area contributed by atoms with Gasteiger partial charge in [0.1, 0.15) is 0 Å². The SMILES string of the molecule is C=CC(C)CCC(C/C=C(\C)CC/C=C/C)/C(C)=C/C(=C)C=C(C)C. The second-order valence-corrected chi connectivity index (χ2v) is 7.57. The highest BCUT2D eigenvalue weighted by atomic mass is 14.2. The monoisotopic (exact) mass is 340 g/mol. The summed E-state index contributed by atoms with van der Waals surface area (Å²) in [6.07, 6.45) is 19.1. The summed E-state index contributed by atoms with van der Waals surface area (Å²) in [6.45, 7) is 21.2. The molecule has 0 saturated carbocycles. The van der Waals surface area contributed by atoms with E-state index in [9.17, 15) is 0 Å². The Morgan fingerprint density at radius 1 is 1.04 bits per heavy atom. The predicted molar refractivity (Wildman–Crippen MR) is 117 cm³/mol. The lowest BCUT2D eigenvalue weighted by molar-refractivity contribution is 0.492. The molecule has 2 atom stereocenters. The summed E-state index contributed by atoms with van der Waals surface area (Å²) in [7, 11) is 0. The van der Waals surface area contributed by atoms with E-state index in [-0.39, 0.29) is 0 Å². The van der Waals surface area contributed by atoms with Gasteiger partial charge in [-0.2, -0.15) is 0 Å². The van der Waals surface area contributed by atoms with Crippen molar-refractivity contribution >= 4 is 0 Å². The molecule has 0 aliphatic heterocycles. The molecule has 2 unspecified atom stereocenters. The maximum absolute atomic E-state index is 4.18. The Kier molecular flexibility index (Phi) is 12.8. The van der Waals surface area contributed by atoms with Crippen LogP contribution in [-0.2, 0) is 0 Å². The van der Waals surface area contributed by atoms with Crippen LogP contribution in [0.2, 0.25) is 0 Å². The molecule has 0 bridgehead atoms. The largest absolute Gasteiger partial charge is 0.103 e. The minimum atomic E-state index is 0.580. The minimum Gasteiger partial charge on any atom is -0.103 e. The van der Waals surface area contributed by atoms with Crippen molar-refractivity contribution in [2.75, 3.05) is 0 Å². The van der Waals surface area contributed by atoms with E-state index in [0.717, 1.165) is 24.8 Å². The number of hydrogen-bond acceptors (Lipinski definition) is 0. The van der Waals surface area contributed by atoms with Crippen molar-refractivity contribution in [1.29, 1.82) is 0 Å². The predicted octanol–water partition coefficient (Wildman–Crippen LogP) is 8.37. The van der Waals surface area contributed by atoms with Gasteiger partial charge >= 0.3 is 0 Å². The van der Waals surface area contributed by atoms with Crippen molar-refractivity contribution in [2.45, 2.75) is 73.6 Å². The Morgan fingerprint density at radius 3 is 2.28 bits per heavy atom. The van der Waals surface area contributed by atoms with E-state index in [2.05, 4.69) is 91.2 Å². The van der Waals surface area contributed by atoms with E-state index in [0.29, 0.717) is 11.8 Å². The van der Waals surface area contributed by atoms with Crippen LogP contribution >= 0.6 is 0 Å². The van der Waals surface area contributed by atoms with Gasteiger partial charge < -0.3 is 0 Å². The quantitative estimate of drug-likeness (QED) is 0.247. The van der Waals surface area contributed by atoms with Crippen molar-refractivity contribution in [3.05, 3.63) is 71.9 Å². The third kappa shape index (κ3) is 12.5. The van der Waals surface area contributed by atoms with Gasteiger partial charge in [0.2, 0.25) is 0 Å². The first-order valence-corrected chi connectivity index (χ1v) is 9.71. The lowest BCUT2D eigenvalue weighted by Crippen LogP contribution is -2.04. The highest BCUT2D eigenvalue weighted by Gasteiger charge is 2.11. The molecule has 0 aromatic heterocycles. The van der Waals surface area contributed by atoms with Crippen LogP contribution in [0.1, 0.15) is 73.6 Å². The van der Waals surface area contributed by atoms with E-state index in [4.69, 9.17) is 0 Å². The molecular formula is C25H40. The molecule has 0 aliphatic rings. The zero-order chi connectivity index (χ0) is 19.2. The van der Waals surface area contributed by atoms with Gasteiger partial charge in [-0.05, 0) is 84.1 Å². The van der Waals surface area contributed by atoms with Crippen molar-refractivity contribution < 1.29 is 0 Å². The number of allylic oxidation sites excluding steroid dienone is 10. The summed E-state index contributed by atoms with van der Waals surface area (Å²) in [5.41, 5.74) is 5.34. The summed E-state index contributed by atoms with van der Waals surface area (Å²) >= 11 is 0. The molecule has 140 valence electrons. The zero-order valence-corrected chi connectivity index (χ0v) is 17.6. The fourth-order valence-corrected chi connectivity index (χ4v) is 2.86. The maximum Gasteiger partial charge on any atom is -0.0168 e. The normalized spacial score (nSPS) is 15.1. The summed E-state index contributed by atoms with van der Waals surface area (Å²) in [6, 6.07) is 0. The fourth-order valence-electron chi connectivity index (χ4n) is 2.86. The molecule has 25 heavy (non-hydrogen) atoms. The first kappa shape index (κ1) is 23.4. The second-order valence-electron chi connectivity index (χ2n) is 7.57. The van der Waals surface area contributed by atoms with Crippen molar-refractivity contribution in [3.8, 4) is 0 Å². The molecule has 0 saturated heterocycles. The van der Waals surface area contributed by atoms with Crippen LogP contribution in [0.25, 0.3) is 0 Å². The van der Waals surface area contributed by atoms with Crippen LogP contribution in [-0.4, -0.2) is 0 Å². The number of hydrogen-bond donors (Lipinski definition) is 0. The third-order valence-electron chi connectivity index (χ3n) is 4.60. The van der Waals surface area contributed by atoms with Crippen LogP contribution in [0, 0.1) is 11.8 Å². The topological polar surface area (TPSA) is 0 Å². The molecule has 0 N–H and O–H groups in total. The Labute approximate surface area is 157 Å². The van der Waals surface area contributed by atoms with E-state index < -0.39 is 0 Å². The fraction of sp³-hybridized carbons (Fsp3) is 0.520. The smallest absolute Gasteiger partial charge is 0.0168 e. The molecule has 0 heteroatoms. The highest BCUT2D eigenvalue weighted by Crippen LogP contribution is 2.26. The molecule has 0 aromatic carbocycles. The Hall–Kier alpha value is -1.56. The summed E-state index contributed by atoms with van der Waals surface area (Å²) in [5, 5.41) is 0. The van der Waals surface area contributed by atoms with Gasteiger partial charge in [-0.3, -0.25) is 0 Å². The third-order valence-corrected chi connectivity index (χ3v) is 4.60. The molecule has 0 radical (unpaired) electrons. The Balaban J connectivity index is 5.04. The van der Waals surface area contributed by atoms with E-state index in [1.807, 2.05) is 0 Å². The van der Waals surface area contributed by atoms with Crippen LogP contribution in [0.4, 0.5) is 0 Å². The van der Waals surface area contributed by atoms with Crippen molar-refractivity contribution in [1.82, 2.24) is 0 Å². The van der Waals surface area contributed by atoms with Crippen LogP contribution < -0.4 is 0 Å². The van der Waals surface area contributed by atoms with Gasteiger partial charge in [-0.15, -0.1) is 6.58 Å². The molecule has 0 spiro atoms. The second kappa shape index (κ2) is 13.7. The van der Waals surface area contributed by atoms with E-state index >= 15 is 0 Å². The van der Waals surface area contributed by atoms with E-state index in [1.54, 1.807) is 0 Å². The summed E-state index contributed by atoms with van der Waals surface area (Å²) in [4.78, 5) is 0. The molecule has 0 heterocycles. The zero-order valence-electron chi connectivity index (χ0n) is 17.6. The molecule has 0 aromatic rings. The van der Waals surface area contributed by atoms with E-state index in [1.165, 1.54) is 29.6 Å². The van der Waals surface area contributed by atoms with Crippen LogP contribution in [0.5, 0.6) is 0 Å². The number of rotatable bonds is 12. The lowest BCUT2D eigenvalue weighted by atomic mass is 9.87. The van der Waals surface area contributed by atoms with Crippen molar-refractivity contribution in [3.63, 3.8) is 0 Å². The average molecular weight is 341 g/mol. The molecule has 0 nitrogen and oxygen atoms in total. The van der Waals surface area contributed by atoms with Gasteiger partial charge in [-0.25, -0.2) is 0 Å². The molecule has 0 fully saturated rings. The first-order chi connectivity index (χ1) is 11.8. The lowest BCUT2D eigenvalue weighted by Gasteiger charge is -2.18. The Bertz CT molecular complexity index is 518. The summed E-state index contributed by atoms with van der Waals surface area (Å²) < 4.78 is 0. The van der Waals surface area contributed by atoms with Crippen molar-refractivity contribution in [2.24, 2.45) is 11.8 Å². The van der Waals surface area contributed by atoms with Gasteiger partial charge in [0.05, 0.1) is 0 Å². The van der Waals surface area contributed by atoms with Crippen LogP contribution in [0.15, 0.2) is 71.9 Å².